The summed E-state index contributed by atoms with van der Waals surface area (Å²) in [5.41, 5.74) is 2.54. The molecule has 9 heteroatoms. The summed E-state index contributed by atoms with van der Waals surface area (Å²) in [4.78, 5) is 39.4. The summed E-state index contributed by atoms with van der Waals surface area (Å²) in [6, 6.07) is 7.91. The summed E-state index contributed by atoms with van der Waals surface area (Å²) < 4.78 is 9.59. The van der Waals surface area contributed by atoms with Crippen molar-refractivity contribution in [3.05, 3.63) is 40.3 Å². The topological polar surface area (TPSA) is 97.0 Å². The van der Waals surface area contributed by atoms with Crippen LogP contribution in [0.4, 0.5) is 16.4 Å². The number of amides is 1. The molecule has 2 N–H and O–H groups in total. The molecule has 0 atom stereocenters. The predicted molar refractivity (Wildman–Crippen MR) is 121 cm³/mol. The number of rotatable bonds is 7. The Labute approximate surface area is 185 Å². The van der Waals surface area contributed by atoms with E-state index in [1.54, 1.807) is 6.92 Å². The minimum absolute atomic E-state index is 0.00989. The zero-order valence-corrected chi connectivity index (χ0v) is 18.8. The normalized spacial score (nSPS) is 13.5. The van der Waals surface area contributed by atoms with E-state index in [-0.39, 0.29) is 27.9 Å². The number of nitrogens with one attached hydrogen (secondary N) is 2. The molecule has 2 aromatic rings. The molecule has 0 bridgehead atoms. The largest absolute Gasteiger partial charge is 0.465 e. The Morgan fingerprint density at radius 3 is 2.39 bits per heavy atom. The lowest BCUT2D eigenvalue weighted by molar-refractivity contribution is -0.114. The molecular weight excluding hydrogens is 418 g/mol. The van der Waals surface area contributed by atoms with Crippen molar-refractivity contribution in [2.75, 3.05) is 49.4 Å². The Morgan fingerprint density at radius 1 is 1.03 bits per heavy atom. The highest BCUT2D eigenvalue weighted by molar-refractivity contribution is 7.18. The Bertz CT molecular complexity index is 966. The van der Waals surface area contributed by atoms with Crippen LogP contribution in [0.15, 0.2) is 24.3 Å². The van der Waals surface area contributed by atoms with Crippen LogP contribution in [0.1, 0.15) is 44.9 Å². The average Bonchev–Trinajstić information content (AvgIpc) is 3.12. The Kier molecular flexibility index (Phi) is 7.51. The second kappa shape index (κ2) is 10.3. The number of thiophene rings is 1. The summed E-state index contributed by atoms with van der Waals surface area (Å²) in [6.45, 7) is 3.63. The zero-order valence-electron chi connectivity index (χ0n) is 17.9. The van der Waals surface area contributed by atoms with Crippen LogP contribution >= 0.6 is 11.3 Å². The van der Waals surface area contributed by atoms with Crippen LogP contribution in [-0.4, -0.2) is 51.7 Å². The monoisotopic (exact) mass is 445 g/mol. The van der Waals surface area contributed by atoms with Gasteiger partial charge in [0.25, 0.3) is 0 Å². The molecule has 0 spiro atoms. The molecule has 1 amide bonds. The van der Waals surface area contributed by atoms with Crippen molar-refractivity contribution < 1.29 is 23.9 Å². The lowest BCUT2D eigenvalue weighted by Crippen LogP contribution is -2.30. The number of carbonyl (C=O) groups excluding carboxylic acids is 3. The van der Waals surface area contributed by atoms with Crippen molar-refractivity contribution in [2.45, 2.75) is 26.2 Å². The van der Waals surface area contributed by atoms with Gasteiger partial charge in [0.15, 0.2) is 0 Å². The molecule has 1 fully saturated rings. The van der Waals surface area contributed by atoms with Gasteiger partial charge >= 0.3 is 11.9 Å². The minimum atomic E-state index is -0.623. The predicted octanol–water partition coefficient (Wildman–Crippen LogP) is 3.67. The van der Waals surface area contributed by atoms with Gasteiger partial charge in [-0.1, -0.05) is 12.1 Å². The number of anilines is 3. The quantitative estimate of drug-likeness (QED) is 0.628. The van der Waals surface area contributed by atoms with Gasteiger partial charge in [0.1, 0.15) is 9.88 Å². The van der Waals surface area contributed by atoms with E-state index in [9.17, 15) is 14.4 Å². The summed E-state index contributed by atoms with van der Waals surface area (Å²) >= 11 is 0.995. The number of hydrogen-bond donors (Lipinski definition) is 2. The molecule has 8 nitrogen and oxygen atoms in total. The van der Waals surface area contributed by atoms with E-state index in [4.69, 9.17) is 9.47 Å². The van der Waals surface area contributed by atoms with Crippen molar-refractivity contribution in [3.63, 3.8) is 0 Å². The van der Waals surface area contributed by atoms with Gasteiger partial charge < -0.3 is 25.0 Å². The molecule has 0 unspecified atom stereocenters. The fourth-order valence-electron chi connectivity index (χ4n) is 3.62. The molecule has 3 rings (SSSR count). The first-order valence-corrected chi connectivity index (χ1v) is 11.0. The van der Waals surface area contributed by atoms with Crippen LogP contribution in [0.5, 0.6) is 0 Å². The van der Waals surface area contributed by atoms with Crippen molar-refractivity contribution in [1.29, 1.82) is 0 Å². The second-order valence-electron chi connectivity index (χ2n) is 7.21. The Balaban J connectivity index is 1.73. The van der Waals surface area contributed by atoms with E-state index < -0.39 is 11.9 Å². The first-order valence-electron chi connectivity index (χ1n) is 10.1. The summed E-state index contributed by atoms with van der Waals surface area (Å²) in [6.07, 6.45) is 3.56. The molecule has 1 aromatic heterocycles. The third-order valence-electron chi connectivity index (χ3n) is 5.20. The van der Waals surface area contributed by atoms with Crippen molar-refractivity contribution in [1.82, 2.24) is 0 Å². The first-order chi connectivity index (χ1) is 15.0. The average molecular weight is 446 g/mol. The highest BCUT2D eigenvalue weighted by Crippen LogP contribution is 2.34. The van der Waals surface area contributed by atoms with Crippen molar-refractivity contribution >= 4 is 45.6 Å². The smallest absolute Gasteiger partial charge is 0.348 e. The first kappa shape index (κ1) is 22.6. The van der Waals surface area contributed by atoms with Crippen LogP contribution < -0.4 is 15.5 Å². The number of carbonyl (C=O) groups is 3. The molecule has 31 heavy (non-hydrogen) atoms. The van der Waals surface area contributed by atoms with E-state index in [1.807, 2.05) is 24.3 Å². The number of methoxy groups -OCH3 is 2. The van der Waals surface area contributed by atoms with Gasteiger partial charge in [0, 0.05) is 13.1 Å². The molecule has 2 heterocycles. The number of benzene rings is 1. The van der Waals surface area contributed by atoms with Gasteiger partial charge in [0.05, 0.1) is 37.7 Å². The minimum Gasteiger partial charge on any atom is -0.465 e. The lowest BCUT2D eigenvalue weighted by Gasteiger charge is -2.30. The van der Waals surface area contributed by atoms with Crippen molar-refractivity contribution in [3.8, 4) is 0 Å². The van der Waals surface area contributed by atoms with Gasteiger partial charge in [0.2, 0.25) is 5.91 Å². The third kappa shape index (κ3) is 5.16. The maximum Gasteiger partial charge on any atom is 0.348 e. The van der Waals surface area contributed by atoms with Gasteiger partial charge in [-0.05, 0) is 43.9 Å². The van der Waals surface area contributed by atoms with E-state index in [0.29, 0.717) is 5.56 Å². The Morgan fingerprint density at radius 2 is 1.71 bits per heavy atom. The van der Waals surface area contributed by atoms with Crippen LogP contribution in [0.25, 0.3) is 0 Å². The van der Waals surface area contributed by atoms with E-state index >= 15 is 0 Å². The maximum absolute atomic E-state index is 12.6. The second-order valence-corrected chi connectivity index (χ2v) is 8.23. The summed E-state index contributed by atoms with van der Waals surface area (Å²) in [7, 11) is 2.52. The van der Waals surface area contributed by atoms with E-state index in [0.717, 1.165) is 48.6 Å². The van der Waals surface area contributed by atoms with Crippen LogP contribution in [0.2, 0.25) is 0 Å². The molecule has 0 aliphatic carbocycles. The number of ether oxygens (including phenoxy) is 2. The number of esters is 2. The molecule has 166 valence electrons. The third-order valence-corrected chi connectivity index (χ3v) is 6.39. The van der Waals surface area contributed by atoms with Gasteiger partial charge in [-0.3, -0.25) is 4.79 Å². The number of nitrogens with zero attached hydrogens (tertiary/aromatic N) is 1. The fraction of sp³-hybridized carbons (Fsp3) is 0.409. The standard InChI is InChI=1S/C22H27N3O5S/c1-14-18(21(27)29-2)20(31-19(14)22(28)30-3)24-17(26)13-23-15-9-5-6-10-16(15)25-11-7-4-8-12-25/h5-6,9-10,23H,4,7-8,11-13H2,1-3H3,(H,24,26). The number of piperidine rings is 1. The van der Waals surface area contributed by atoms with Crippen LogP contribution in [-0.2, 0) is 14.3 Å². The maximum atomic E-state index is 12.6. The molecule has 1 aliphatic rings. The number of para-hydroxylation sites is 2. The molecule has 1 aliphatic heterocycles. The van der Waals surface area contributed by atoms with Gasteiger partial charge in [-0.15, -0.1) is 11.3 Å². The van der Waals surface area contributed by atoms with Crippen LogP contribution in [0, 0.1) is 6.92 Å². The highest BCUT2D eigenvalue weighted by atomic mass is 32.1. The molecule has 0 radical (unpaired) electrons. The fourth-order valence-corrected chi connectivity index (χ4v) is 4.75. The molecule has 0 saturated carbocycles. The lowest BCUT2D eigenvalue weighted by atomic mass is 10.1. The van der Waals surface area contributed by atoms with Crippen molar-refractivity contribution in [2.24, 2.45) is 0 Å². The SMILES string of the molecule is COC(=O)c1sc(NC(=O)CNc2ccccc2N2CCCCC2)c(C(=O)OC)c1C. The van der Waals surface area contributed by atoms with E-state index in [2.05, 4.69) is 15.5 Å². The Hall–Kier alpha value is -3.07. The summed E-state index contributed by atoms with van der Waals surface area (Å²) in [5, 5.41) is 6.19. The van der Waals surface area contributed by atoms with Gasteiger partial charge in [-0.2, -0.15) is 0 Å². The van der Waals surface area contributed by atoms with Gasteiger partial charge in [-0.25, -0.2) is 9.59 Å². The molecule has 1 saturated heterocycles. The summed E-state index contributed by atoms with van der Waals surface area (Å²) in [5.74, 6) is -1.53. The zero-order chi connectivity index (χ0) is 22.4. The molecule has 1 aromatic carbocycles. The molecular formula is C22H27N3O5S. The van der Waals surface area contributed by atoms with Crippen LogP contribution in [0.3, 0.4) is 0 Å². The van der Waals surface area contributed by atoms with E-state index in [1.165, 1.54) is 20.6 Å². The number of hydrogen-bond acceptors (Lipinski definition) is 8. The highest BCUT2D eigenvalue weighted by Gasteiger charge is 2.26.